The quantitative estimate of drug-likeness (QED) is 0.588. The zero-order valence-corrected chi connectivity index (χ0v) is 15.0. The highest BCUT2D eigenvalue weighted by molar-refractivity contribution is 6.78. The topological polar surface area (TPSA) is 9.23 Å². The summed E-state index contributed by atoms with van der Waals surface area (Å²) in [7, 11) is -1.87. The lowest BCUT2D eigenvalue weighted by molar-refractivity contribution is 0.479. The maximum Gasteiger partial charge on any atom is 0.258 e. The molecule has 1 rings (SSSR count). The highest BCUT2D eigenvalue weighted by atomic mass is 35.5. The second kappa shape index (κ2) is 6.32. The molecule has 0 bridgehead atoms. The minimum atomic E-state index is -1.87. The van der Waals surface area contributed by atoms with Gasteiger partial charge in [-0.3, -0.25) is 0 Å². The van der Waals surface area contributed by atoms with Crippen LogP contribution in [0.15, 0.2) is 18.2 Å². The summed E-state index contributed by atoms with van der Waals surface area (Å²) >= 11 is 6.15. The van der Waals surface area contributed by atoms with Gasteiger partial charge < -0.3 is 4.43 Å². The van der Waals surface area contributed by atoms with Gasteiger partial charge in [-0.05, 0) is 47.3 Å². The molecule has 0 N–H and O–H groups in total. The summed E-state index contributed by atoms with van der Waals surface area (Å²) < 4.78 is 6.60. The number of hydrogen-bond acceptors (Lipinski definition) is 1. The van der Waals surface area contributed by atoms with Gasteiger partial charge >= 0.3 is 0 Å². The van der Waals surface area contributed by atoms with E-state index in [1.807, 2.05) is 12.1 Å². The van der Waals surface area contributed by atoms with Crippen molar-refractivity contribution in [2.75, 3.05) is 0 Å². The maximum absolute atomic E-state index is 6.60. The van der Waals surface area contributed by atoms with E-state index in [-0.39, 0.29) is 0 Å². The van der Waals surface area contributed by atoms with Gasteiger partial charge in [0.25, 0.3) is 8.32 Å². The van der Waals surface area contributed by atoms with Crippen molar-refractivity contribution < 1.29 is 4.43 Å². The smallest absolute Gasteiger partial charge is 0.258 e. The molecule has 0 radical (unpaired) electrons. The molecular formula is C16H27ClOSi. The molecule has 108 valence electrons. The van der Waals surface area contributed by atoms with Crippen LogP contribution >= 0.6 is 11.6 Å². The van der Waals surface area contributed by atoms with E-state index in [2.05, 4.69) is 54.5 Å². The fourth-order valence-corrected chi connectivity index (χ4v) is 8.83. The zero-order valence-electron chi connectivity index (χ0n) is 13.3. The SMILES string of the molecule is Cc1cc(Cl)cc(O[Si](C(C)C)(C(C)C)C(C)C)c1. The van der Waals surface area contributed by atoms with Crippen molar-refractivity contribution in [2.45, 2.75) is 65.1 Å². The summed E-state index contributed by atoms with van der Waals surface area (Å²) in [5, 5.41) is 0.758. The van der Waals surface area contributed by atoms with Gasteiger partial charge in [0.1, 0.15) is 5.75 Å². The first-order valence-electron chi connectivity index (χ1n) is 7.16. The summed E-state index contributed by atoms with van der Waals surface area (Å²) in [5.74, 6) is 0.938. The summed E-state index contributed by atoms with van der Waals surface area (Å²) in [6.07, 6.45) is 0. The van der Waals surface area contributed by atoms with E-state index in [0.717, 1.165) is 16.3 Å². The molecule has 0 unspecified atom stereocenters. The zero-order chi connectivity index (χ0) is 14.8. The van der Waals surface area contributed by atoms with Crippen LogP contribution in [0, 0.1) is 6.92 Å². The molecule has 0 atom stereocenters. The molecule has 3 heteroatoms. The van der Waals surface area contributed by atoms with E-state index in [1.54, 1.807) is 0 Å². The molecule has 0 amide bonds. The minimum Gasteiger partial charge on any atom is -0.543 e. The van der Waals surface area contributed by atoms with Crippen molar-refractivity contribution in [1.29, 1.82) is 0 Å². The molecule has 1 aromatic carbocycles. The predicted octanol–water partition coefficient (Wildman–Crippen LogP) is 6.20. The van der Waals surface area contributed by atoms with E-state index >= 15 is 0 Å². The molecule has 0 aliphatic carbocycles. The second-order valence-electron chi connectivity index (χ2n) is 6.38. The Morgan fingerprint density at radius 2 is 1.37 bits per heavy atom. The Labute approximate surface area is 124 Å². The molecule has 0 aliphatic rings. The van der Waals surface area contributed by atoms with Crippen LogP contribution in [0.3, 0.4) is 0 Å². The van der Waals surface area contributed by atoms with E-state index in [1.165, 1.54) is 0 Å². The molecule has 0 heterocycles. The van der Waals surface area contributed by atoms with Crippen LogP contribution in [-0.4, -0.2) is 8.32 Å². The lowest BCUT2D eigenvalue weighted by Gasteiger charge is -2.42. The number of hydrogen-bond donors (Lipinski definition) is 0. The molecular weight excluding hydrogens is 272 g/mol. The largest absolute Gasteiger partial charge is 0.543 e. The monoisotopic (exact) mass is 298 g/mol. The summed E-state index contributed by atoms with van der Waals surface area (Å²) in [4.78, 5) is 0. The van der Waals surface area contributed by atoms with Crippen molar-refractivity contribution in [2.24, 2.45) is 0 Å². The van der Waals surface area contributed by atoms with E-state index in [4.69, 9.17) is 16.0 Å². The van der Waals surface area contributed by atoms with Crippen LogP contribution in [0.2, 0.25) is 21.6 Å². The van der Waals surface area contributed by atoms with Crippen LogP contribution in [0.5, 0.6) is 5.75 Å². The number of halogens is 1. The predicted molar refractivity (Wildman–Crippen MR) is 87.9 cm³/mol. The molecule has 0 fully saturated rings. The van der Waals surface area contributed by atoms with Gasteiger partial charge in [0, 0.05) is 5.02 Å². The molecule has 0 saturated carbocycles. The molecule has 0 aliphatic heterocycles. The average Bonchev–Trinajstić information content (AvgIpc) is 2.22. The molecule has 1 nitrogen and oxygen atoms in total. The van der Waals surface area contributed by atoms with Gasteiger partial charge in [-0.1, -0.05) is 53.1 Å². The fourth-order valence-electron chi connectivity index (χ4n) is 3.32. The maximum atomic E-state index is 6.60. The highest BCUT2D eigenvalue weighted by Gasteiger charge is 2.46. The number of rotatable bonds is 5. The van der Waals surface area contributed by atoms with E-state index < -0.39 is 8.32 Å². The van der Waals surface area contributed by atoms with Gasteiger partial charge in [0.15, 0.2) is 0 Å². The third kappa shape index (κ3) is 3.54. The van der Waals surface area contributed by atoms with Crippen LogP contribution in [0.1, 0.15) is 47.1 Å². The van der Waals surface area contributed by atoms with Crippen molar-refractivity contribution in [3.05, 3.63) is 28.8 Å². The fraction of sp³-hybridized carbons (Fsp3) is 0.625. The highest BCUT2D eigenvalue weighted by Crippen LogP contribution is 2.43. The molecule has 1 aromatic rings. The standard InChI is InChI=1S/C16H27ClOSi/c1-11(2)19(12(3)4,13(5)6)18-16-9-14(7)8-15(17)10-16/h8-13H,1-7H3. The van der Waals surface area contributed by atoms with Gasteiger partial charge in [0.05, 0.1) is 0 Å². The van der Waals surface area contributed by atoms with Crippen molar-refractivity contribution in [3.8, 4) is 5.75 Å². The normalized spacial score (nSPS) is 12.6. The van der Waals surface area contributed by atoms with Crippen LogP contribution < -0.4 is 4.43 Å². The Hall–Kier alpha value is -0.473. The van der Waals surface area contributed by atoms with Crippen LogP contribution in [-0.2, 0) is 0 Å². The van der Waals surface area contributed by atoms with Gasteiger partial charge in [-0.2, -0.15) is 0 Å². The number of benzene rings is 1. The Balaban J connectivity index is 3.20. The Kier molecular flexibility index (Phi) is 5.51. The summed E-state index contributed by atoms with van der Waals surface area (Å²) in [6, 6.07) is 6.02. The molecule has 0 saturated heterocycles. The van der Waals surface area contributed by atoms with E-state index in [0.29, 0.717) is 16.6 Å². The van der Waals surface area contributed by atoms with Gasteiger partial charge in [-0.25, -0.2) is 0 Å². The Bertz CT molecular complexity index is 385. The average molecular weight is 299 g/mol. The third-order valence-electron chi connectivity index (χ3n) is 4.02. The first-order valence-corrected chi connectivity index (χ1v) is 9.68. The Morgan fingerprint density at radius 3 is 1.74 bits per heavy atom. The third-order valence-corrected chi connectivity index (χ3v) is 10.2. The number of aryl methyl sites for hydroxylation is 1. The lowest BCUT2D eigenvalue weighted by atomic mass is 10.2. The van der Waals surface area contributed by atoms with E-state index in [9.17, 15) is 0 Å². The minimum absolute atomic E-state index is 0.576. The van der Waals surface area contributed by atoms with Gasteiger partial charge in [-0.15, -0.1) is 0 Å². The van der Waals surface area contributed by atoms with Crippen molar-refractivity contribution in [1.82, 2.24) is 0 Å². The summed E-state index contributed by atoms with van der Waals surface area (Å²) in [6.45, 7) is 15.8. The summed E-state index contributed by atoms with van der Waals surface area (Å²) in [5.41, 5.74) is 2.88. The van der Waals surface area contributed by atoms with Gasteiger partial charge in [0.2, 0.25) is 0 Å². The molecule has 19 heavy (non-hydrogen) atoms. The first-order chi connectivity index (χ1) is 8.70. The van der Waals surface area contributed by atoms with Crippen molar-refractivity contribution >= 4 is 19.9 Å². The Morgan fingerprint density at radius 1 is 0.895 bits per heavy atom. The van der Waals surface area contributed by atoms with Crippen molar-refractivity contribution in [3.63, 3.8) is 0 Å². The molecule has 0 aromatic heterocycles. The first kappa shape index (κ1) is 16.6. The molecule has 0 spiro atoms. The van der Waals surface area contributed by atoms with Crippen LogP contribution in [0.25, 0.3) is 0 Å². The van der Waals surface area contributed by atoms with Crippen LogP contribution in [0.4, 0.5) is 0 Å². The lowest BCUT2D eigenvalue weighted by Crippen LogP contribution is -2.50. The second-order valence-corrected chi connectivity index (χ2v) is 12.2.